The van der Waals surface area contributed by atoms with Crippen LogP contribution in [0.15, 0.2) is 18.2 Å². The van der Waals surface area contributed by atoms with Crippen LogP contribution in [0.3, 0.4) is 0 Å². The first kappa shape index (κ1) is 9.99. The second-order valence-corrected chi connectivity index (χ2v) is 2.95. The first-order valence-corrected chi connectivity index (χ1v) is 4.14. The number of benzene rings is 1. The van der Waals surface area contributed by atoms with Crippen LogP contribution in [0.4, 0.5) is 4.39 Å². The topological polar surface area (TPSA) is 29.5 Å². The van der Waals surface area contributed by atoms with E-state index in [1.165, 1.54) is 13.2 Å². The zero-order valence-corrected chi connectivity index (χ0v) is 7.75. The number of aliphatic hydroxyl groups excluding tert-OH is 1. The van der Waals surface area contributed by atoms with Crippen molar-refractivity contribution < 1.29 is 14.2 Å². The largest absolute Gasteiger partial charge is 0.493 e. The molecule has 0 saturated carbocycles. The maximum atomic E-state index is 13.1. The first-order valence-electron chi connectivity index (χ1n) is 4.14. The minimum absolute atomic E-state index is 0.0141. The number of halogens is 1. The van der Waals surface area contributed by atoms with Gasteiger partial charge in [0.2, 0.25) is 0 Å². The highest BCUT2D eigenvalue weighted by atomic mass is 19.1. The van der Waals surface area contributed by atoms with Crippen molar-refractivity contribution in [2.24, 2.45) is 0 Å². The molecule has 0 saturated heterocycles. The van der Waals surface area contributed by atoms with E-state index < -0.39 is 0 Å². The second kappa shape index (κ2) is 4.23. The normalized spacial score (nSPS) is 12.6. The van der Waals surface area contributed by atoms with Gasteiger partial charge in [-0.2, -0.15) is 0 Å². The molecule has 0 aromatic heterocycles. The van der Waals surface area contributed by atoms with Gasteiger partial charge < -0.3 is 9.84 Å². The third-order valence-corrected chi connectivity index (χ3v) is 2.01. The van der Waals surface area contributed by atoms with Crippen LogP contribution in [0, 0.1) is 5.82 Å². The zero-order chi connectivity index (χ0) is 9.84. The molecule has 72 valence electrons. The molecule has 13 heavy (non-hydrogen) atoms. The van der Waals surface area contributed by atoms with Gasteiger partial charge in [0.15, 0.2) is 11.6 Å². The van der Waals surface area contributed by atoms with E-state index in [1.807, 2.05) is 6.92 Å². The predicted octanol–water partition coefficient (Wildman–Crippen LogP) is 1.93. The van der Waals surface area contributed by atoms with Gasteiger partial charge >= 0.3 is 0 Å². The van der Waals surface area contributed by atoms with Crippen LogP contribution in [0.5, 0.6) is 5.75 Å². The molecule has 0 heterocycles. The molecule has 0 radical (unpaired) electrons. The van der Waals surface area contributed by atoms with E-state index >= 15 is 0 Å². The van der Waals surface area contributed by atoms with Crippen molar-refractivity contribution in [1.82, 2.24) is 0 Å². The highest BCUT2D eigenvalue weighted by Crippen LogP contribution is 2.28. The fraction of sp³-hybridized carbons (Fsp3) is 0.400. The number of para-hydroxylation sites is 1. The van der Waals surface area contributed by atoms with Crippen LogP contribution in [-0.2, 0) is 0 Å². The molecule has 1 atom stereocenters. The molecule has 0 amide bonds. The minimum Gasteiger partial charge on any atom is -0.493 e. The van der Waals surface area contributed by atoms with E-state index in [2.05, 4.69) is 0 Å². The molecule has 0 aliphatic rings. The molecule has 0 aliphatic heterocycles. The Morgan fingerprint density at radius 3 is 2.77 bits per heavy atom. The molecule has 0 spiro atoms. The lowest BCUT2D eigenvalue weighted by Crippen LogP contribution is -2.03. The lowest BCUT2D eigenvalue weighted by molar-refractivity contribution is 0.268. The van der Waals surface area contributed by atoms with Gasteiger partial charge in [-0.05, 0) is 6.07 Å². The van der Waals surface area contributed by atoms with Crippen molar-refractivity contribution in [1.29, 1.82) is 0 Å². The Morgan fingerprint density at radius 2 is 2.23 bits per heavy atom. The smallest absolute Gasteiger partial charge is 0.165 e. The van der Waals surface area contributed by atoms with Gasteiger partial charge in [0.05, 0.1) is 7.11 Å². The molecule has 0 aliphatic carbocycles. The second-order valence-electron chi connectivity index (χ2n) is 2.95. The third-order valence-electron chi connectivity index (χ3n) is 2.01. The van der Waals surface area contributed by atoms with Gasteiger partial charge in [-0.1, -0.05) is 19.1 Å². The molecule has 1 N–H and O–H groups in total. The SMILES string of the molecule is COc1c(F)cccc1C(C)CO. The number of aliphatic hydroxyl groups is 1. The van der Waals surface area contributed by atoms with E-state index in [0.29, 0.717) is 5.56 Å². The summed E-state index contributed by atoms with van der Waals surface area (Å²) in [5, 5.41) is 8.92. The van der Waals surface area contributed by atoms with Gasteiger partial charge in [0.1, 0.15) is 0 Å². The number of methoxy groups -OCH3 is 1. The molecule has 0 fully saturated rings. The van der Waals surface area contributed by atoms with Crippen LogP contribution in [0.2, 0.25) is 0 Å². The Bertz CT molecular complexity index is 286. The van der Waals surface area contributed by atoms with Gasteiger partial charge in [0, 0.05) is 18.1 Å². The monoisotopic (exact) mass is 184 g/mol. The first-order chi connectivity index (χ1) is 6.20. The summed E-state index contributed by atoms with van der Waals surface area (Å²) < 4.78 is 18.1. The van der Waals surface area contributed by atoms with Crippen LogP contribution < -0.4 is 4.74 Å². The number of hydrogen-bond acceptors (Lipinski definition) is 2. The van der Waals surface area contributed by atoms with Crippen molar-refractivity contribution in [3.63, 3.8) is 0 Å². The molecule has 1 aromatic rings. The summed E-state index contributed by atoms with van der Waals surface area (Å²) in [6, 6.07) is 4.70. The summed E-state index contributed by atoms with van der Waals surface area (Å²) in [5.41, 5.74) is 0.699. The van der Waals surface area contributed by atoms with E-state index in [-0.39, 0.29) is 24.1 Å². The van der Waals surface area contributed by atoms with Crippen LogP contribution in [0.1, 0.15) is 18.4 Å². The van der Waals surface area contributed by atoms with Gasteiger partial charge in [-0.15, -0.1) is 0 Å². The summed E-state index contributed by atoms with van der Waals surface area (Å²) in [6.45, 7) is 1.80. The Morgan fingerprint density at radius 1 is 1.54 bits per heavy atom. The van der Waals surface area contributed by atoms with Crippen molar-refractivity contribution in [3.05, 3.63) is 29.6 Å². The third kappa shape index (κ3) is 1.98. The zero-order valence-electron chi connectivity index (χ0n) is 7.75. The maximum Gasteiger partial charge on any atom is 0.165 e. The Labute approximate surface area is 77.0 Å². The summed E-state index contributed by atoms with van der Waals surface area (Å²) in [4.78, 5) is 0. The average molecular weight is 184 g/mol. The molecule has 2 nitrogen and oxygen atoms in total. The van der Waals surface area contributed by atoms with Gasteiger partial charge in [-0.3, -0.25) is 0 Å². The van der Waals surface area contributed by atoms with Crippen molar-refractivity contribution >= 4 is 0 Å². The number of hydrogen-bond donors (Lipinski definition) is 1. The van der Waals surface area contributed by atoms with Crippen molar-refractivity contribution in [2.45, 2.75) is 12.8 Å². The molecule has 1 aromatic carbocycles. The molecule has 1 unspecified atom stereocenters. The van der Waals surface area contributed by atoms with E-state index in [1.54, 1.807) is 12.1 Å². The van der Waals surface area contributed by atoms with Crippen molar-refractivity contribution in [3.8, 4) is 5.75 Å². The van der Waals surface area contributed by atoms with Crippen LogP contribution in [0.25, 0.3) is 0 Å². The quantitative estimate of drug-likeness (QED) is 0.777. The maximum absolute atomic E-state index is 13.1. The van der Waals surface area contributed by atoms with E-state index in [9.17, 15) is 4.39 Å². The Balaban J connectivity index is 3.12. The lowest BCUT2D eigenvalue weighted by atomic mass is 10.0. The molecular weight excluding hydrogens is 171 g/mol. The molecule has 0 bridgehead atoms. The highest BCUT2D eigenvalue weighted by Gasteiger charge is 2.13. The Kier molecular flexibility index (Phi) is 3.25. The predicted molar refractivity (Wildman–Crippen MR) is 48.5 cm³/mol. The van der Waals surface area contributed by atoms with Gasteiger partial charge in [0.25, 0.3) is 0 Å². The summed E-state index contributed by atoms with van der Waals surface area (Å²) in [5.74, 6) is -0.269. The standard InChI is InChI=1S/C10H13FO2/c1-7(6-12)8-4-3-5-9(11)10(8)13-2/h3-5,7,12H,6H2,1-2H3. The highest BCUT2D eigenvalue weighted by molar-refractivity contribution is 5.37. The van der Waals surface area contributed by atoms with Crippen molar-refractivity contribution in [2.75, 3.05) is 13.7 Å². The number of ether oxygens (including phenoxy) is 1. The fourth-order valence-corrected chi connectivity index (χ4v) is 1.23. The molecule has 1 rings (SSSR count). The van der Waals surface area contributed by atoms with Gasteiger partial charge in [-0.25, -0.2) is 4.39 Å². The van der Waals surface area contributed by atoms with E-state index in [4.69, 9.17) is 9.84 Å². The van der Waals surface area contributed by atoms with Crippen LogP contribution >= 0.6 is 0 Å². The fourth-order valence-electron chi connectivity index (χ4n) is 1.23. The minimum atomic E-state index is -0.389. The van der Waals surface area contributed by atoms with Crippen LogP contribution in [-0.4, -0.2) is 18.8 Å². The summed E-state index contributed by atoms with van der Waals surface area (Å²) in [7, 11) is 1.42. The number of rotatable bonds is 3. The molecule has 3 heteroatoms. The summed E-state index contributed by atoms with van der Waals surface area (Å²) >= 11 is 0. The summed E-state index contributed by atoms with van der Waals surface area (Å²) in [6.07, 6.45) is 0. The Hall–Kier alpha value is -1.09. The average Bonchev–Trinajstić information content (AvgIpc) is 2.16. The molecular formula is C10H13FO2. The lowest BCUT2D eigenvalue weighted by Gasteiger charge is -2.13. The van der Waals surface area contributed by atoms with E-state index in [0.717, 1.165) is 0 Å².